The summed E-state index contributed by atoms with van der Waals surface area (Å²) in [6.07, 6.45) is 19.9. The zero-order valence-corrected chi connectivity index (χ0v) is 14.7. The minimum absolute atomic E-state index is 0.0896. The van der Waals surface area contributed by atoms with Gasteiger partial charge in [-0.05, 0) is 25.7 Å². The van der Waals surface area contributed by atoms with Gasteiger partial charge in [0.15, 0.2) is 0 Å². The number of aliphatic hydroxyl groups excluding tert-OH is 2. The predicted molar refractivity (Wildman–Crippen MR) is 98.8 cm³/mol. The average Bonchev–Trinajstić information content (AvgIpc) is 2.53. The van der Waals surface area contributed by atoms with E-state index < -0.39 is 12.1 Å². The van der Waals surface area contributed by atoms with Crippen molar-refractivity contribution < 1.29 is 20.1 Å². The number of unbranched alkanes of at least 4 members (excludes halogenated alkanes) is 2. The highest BCUT2D eigenvalue weighted by Crippen LogP contribution is 2.04. The number of aliphatic hydroxyl groups is 2. The first-order valence-electron chi connectivity index (χ1n) is 8.80. The van der Waals surface area contributed by atoms with Crippen LogP contribution in [-0.2, 0) is 4.79 Å². The van der Waals surface area contributed by atoms with E-state index in [-0.39, 0.29) is 12.5 Å². The van der Waals surface area contributed by atoms with Gasteiger partial charge in [0.2, 0.25) is 0 Å². The van der Waals surface area contributed by atoms with E-state index in [0.29, 0.717) is 12.8 Å². The van der Waals surface area contributed by atoms with Crippen LogP contribution in [0.5, 0.6) is 0 Å². The number of carbonyl (C=O) groups is 1. The molecule has 0 aliphatic heterocycles. The molecule has 4 nitrogen and oxygen atoms in total. The van der Waals surface area contributed by atoms with E-state index in [0.717, 1.165) is 32.1 Å². The number of rotatable bonds is 14. The van der Waals surface area contributed by atoms with Crippen molar-refractivity contribution in [2.45, 2.75) is 70.5 Å². The number of carboxylic acid groups (broad SMARTS) is 1. The third-order valence-corrected chi connectivity index (χ3v) is 3.43. The zero-order valence-electron chi connectivity index (χ0n) is 14.7. The fraction of sp³-hybridized carbons (Fsp3) is 0.550. The second kappa shape index (κ2) is 16.2. The van der Waals surface area contributed by atoms with Crippen LogP contribution < -0.4 is 0 Å². The lowest BCUT2D eigenvalue weighted by atomic mass is 10.1. The van der Waals surface area contributed by atoms with E-state index in [4.69, 9.17) is 5.11 Å². The summed E-state index contributed by atoms with van der Waals surface area (Å²) in [6, 6.07) is 0. The maximum absolute atomic E-state index is 10.3. The Labute approximate surface area is 145 Å². The molecule has 0 aromatic rings. The molecule has 0 heterocycles. The van der Waals surface area contributed by atoms with E-state index in [9.17, 15) is 15.0 Å². The number of hydrogen-bond donors (Lipinski definition) is 3. The lowest BCUT2D eigenvalue weighted by Crippen LogP contribution is -2.03. The zero-order chi connectivity index (χ0) is 18.0. The highest BCUT2D eigenvalue weighted by atomic mass is 16.4. The summed E-state index contributed by atoms with van der Waals surface area (Å²) in [5, 5.41) is 27.8. The Morgan fingerprint density at radius 1 is 0.875 bits per heavy atom. The van der Waals surface area contributed by atoms with Gasteiger partial charge in [-0.1, -0.05) is 74.8 Å². The fourth-order valence-corrected chi connectivity index (χ4v) is 2.04. The molecule has 0 aromatic heterocycles. The van der Waals surface area contributed by atoms with E-state index in [2.05, 4.69) is 6.92 Å². The molecule has 0 fully saturated rings. The number of allylic oxidation sites excluding steroid dienone is 6. The minimum Gasteiger partial charge on any atom is -0.481 e. The molecule has 0 saturated heterocycles. The minimum atomic E-state index is -0.833. The van der Waals surface area contributed by atoms with Gasteiger partial charge in [0, 0.05) is 6.42 Å². The van der Waals surface area contributed by atoms with Crippen molar-refractivity contribution in [1.29, 1.82) is 0 Å². The normalized spacial score (nSPS) is 15.1. The molecule has 0 rings (SSSR count). The van der Waals surface area contributed by atoms with Crippen LogP contribution in [0.25, 0.3) is 0 Å². The van der Waals surface area contributed by atoms with Crippen LogP contribution in [0.4, 0.5) is 0 Å². The molecule has 2 atom stereocenters. The van der Waals surface area contributed by atoms with E-state index >= 15 is 0 Å². The SMILES string of the molecule is CCCCC[C@@H](O)/C=C/C=C/C/C=C/C=C/[C@H](O)CCCC(=O)O. The average molecular weight is 336 g/mol. The smallest absolute Gasteiger partial charge is 0.303 e. The molecule has 0 saturated carbocycles. The molecule has 4 heteroatoms. The van der Waals surface area contributed by atoms with Gasteiger partial charge in [0.05, 0.1) is 12.2 Å². The molecule has 0 spiro atoms. The van der Waals surface area contributed by atoms with Gasteiger partial charge in [-0.25, -0.2) is 0 Å². The Morgan fingerprint density at radius 3 is 1.92 bits per heavy atom. The lowest BCUT2D eigenvalue weighted by Gasteiger charge is -2.02. The van der Waals surface area contributed by atoms with E-state index in [1.165, 1.54) is 0 Å². The summed E-state index contributed by atoms with van der Waals surface area (Å²) in [5.41, 5.74) is 0. The molecule has 0 bridgehead atoms. The van der Waals surface area contributed by atoms with Gasteiger partial charge in [-0.15, -0.1) is 0 Å². The largest absolute Gasteiger partial charge is 0.481 e. The lowest BCUT2D eigenvalue weighted by molar-refractivity contribution is -0.137. The first kappa shape index (κ1) is 22.4. The first-order valence-corrected chi connectivity index (χ1v) is 8.80. The summed E-state index contributed by atoms with van der Waals surface area (Å²) in [7, 11) is 0. The topological polar surface area (TPSA) is 77.8 Å². The van der Waals surface area contributed by atoms with Gasteiger partial charge < -0.3 is 15.3 Å². The molecule has 24 heavy (non-hydrogen) atoms. The number of aliphatic carboxylic acids is 1. The Kier molecular flexibility index (Phi) is 15.1. The molecule has 0 unspecified atom stereocenters. The first-order chi connectivity index (χ1) is 11.6. The summed E-state index contributed by atoms with van der Waals surface area (Å²) in [6.45, 7) is 2.15. The Hall–Kier alpha value is -1.65. The summed E-state index contributed by atoms with van der Waals surface area (Å²) >= 11 is 0. The highest BCUT2D eigenvalue weighted by Gasteiger charge is 2.01. The maximum atomic E-state index is 10.3. The van der Waals surface area contributed by atoms with Crippen molar-refractivity contribution in [3.63, 3.8) is 0 Å². The molecule has 0 radical (unpaired) electrons. The molecule has 0 aliphatic carbocycles. The second-order valence-electron chi connectivity index (χ2n) is 5.78. The van der Waals surface area contributed by atoms with Crippen LogP contribution in [0.1, 0.15) is 58.3 Å². The van der Waals surface area contributed by atoms with E-state index in [1.807, 2.05) is 36.5 Å². The second-order valence-corrected chi connectivity index (χ2v) is 5.78. The van der Waals surface area contributed by atoms with Crippen molar-refractivity contribution in [2.75, 3.05) is 0 Å². The van der Waals surface area contributed by atoms with Gasteiger partial charge in [-0.2, -0.15) is 0 Å². The van der Waals surface area contributed by atoms with Crippen molar-refractivity contribution in [2.24, 2.45) is 0 Å². The summed E-state index contributed by atoms with van der Waals surface area (Å²) in [5.74, 6) is -0.833. The Morgan fingerprint density at radius 2 is 1.42 bits per heavy atom. The molecule has 3 N–H and O–H groups in total. The number of hydrogen-bond acceptors (Lipinski definition) is 3. The Balaban J connectivity index is 3.75. The van der Waals surface area contributed by atoms with E-state index in [1.54, 1.807) is 12.2 Å². The van der Waals surface area contributed by atoms with Crippen LogP contribution in [-0.4, -0.2) is 33.5 Å². The van der Waals surface area contributed by atoms with Gasteiger partial charge in [0.1, 0.15) is 0 Å². The van der Waals surface area contributed by atoms with Crippen LogP contribution in [0.15, 0.2) is 48.6 Å². The van der Waals surface area contributed by atoms with Crippen molar-refractivity contribution in [3.05, 3.63) is 48.6 Å². The maximum Gasteiger partial charge on any atom is 0.303 e. The van der Waals surface area contributed by atoms with Crippen LogP contribution >= 0.6 is 0 Å². The van der Waals surface area contributed by atoms with Crippen molar-refractivity contribution >= 4 is 5.97 Å². The molecular formula is C20H32O4. The predicted octanol–water partition coefficient (Wildman–Crippen LogP) is 4.16. The van der Waals surface area contributed by atoms with Crippen molar-refractivity contribution in [1.82, 2.24) is 0 Å². The summed E-state index contributed by atoms with van der Waals surface area (Å²) in [4.78, 5) is 10.3. The van der Waals surface area contributed by atoms with Crippen LogP contribution in [0.3, 0.4) is 0 Å². The quantitative estimate of drug-likeness (QED) is 0.329. The standard InChI is InChI=1S/C20H32O4/c1-2-3-9-13-18(21)14-10-7-5-4-6-8-11-15-19(22)16-12-17-20(23)24/h5-8,10-11,14-15,18-19,21-22H,2-4,9,12-13,16-17H2,1H3,(H,23,24)/b7-5+,8-6+,14-10+,15-11+/t18-,19+/m1/s1. The summed E-state index contributed by atoms with van der Waals surface area (Å²) < 4.78 is 0. The van der Waals surface area contributed by atoms with Gasteiger partial charge >= 0.3 is 5.97 Å². The Bertz CT molecular complexity index is 421. The molecule has 0 aromatic carbocycles. The number of carboxylic acids is 1. The molecule has 136 valence electrons. The monoisotopic (exact) mass is 336 g/mol. The third-order valence-electron chi connectivity index (χ3n) is 3.43. The van der Waals surface area contributed by atoms with Crippen LogP contribution in [0.2, 0.25) is 0 Å². The van der Waals surface area contributed by atoms with Gasteiger partial charge in [-0.3, -0.25) is 4.79 Å². The highest BCUT2D eigenvalue weighted by molar-refractivity contribution is 5.66. The molecule has 0 aliphatic rings. The third kappa shape index (κ3) is 16.7. The molecular weight excluding hydrogens is 304 g/mol. The molecule has 0 amide bonds. The fourth-order valence-electron chi connectivity index (χ4n) is 2.04. The van der Waals surface area contributed by atoms with Crippen LogP contribution in [0, 0.1) is 0 Å². The van der Waals surface area contributed by atoms with Crippen molar-refractivity contribution in [3.8, 4) is 0 Å². The van der Waals surface area contributed by atoms with Gasteiger partial charge in [0.25, 0.3) is 0 Å².